The molecular formula is C23H20BrN5O3. The van der Waals surface area contributed by atoms with Crippen LogP contribution in [0.25, 0.3) is 16.6 Å². The third kappa shape index (κ3) is 2.91. The largest absolute Gasteiger partial charge is 0.381 e. The van der Waals surface area contributed by atoms with Crippen LogP contribution in [0.2, 0.25) is 0 Å². The van der Waals surface area contributed by atoms with Gasteiger partial charge in [-0.25, -0.2) is 9.97 Å². The number of aryl methyl sites for hydroxylation is 1. The molecule has 0 radical (unpaired) electrons. The highest BCUT2D eigenvalue weighted by atomic mass is 79.9. The minimum Gasteiger partial charge on any atom is -0.381 e. The average molecular weight is 494 g/mol. The van der Waals surface area contributed by atoms with Crippen molar-refractivity contribution in [2.45, 2.75) is 25.7 Å². The second-order valence-corrected chi connectivity index (χ2v) is 9.29. The van der Waals surface area contributed by atoms with E-state index in [1.54, 1.807) is 23.4 Å². The summed E-state index contributed by atoms with van der Waals surface area (Å²) in [6.07, 6.45) is 4.96. The number of nitrogens with zero attached hydrogens (tertiary/aromatic N) is 4. The summed E-state index contributed by atoms with van der Waals surface area (Å²) < 4.78 is 8.36. The molecule has 1 amide bonds. The van der Waals surface area contributed by atoms with E-state index in [0.29, 0.717) is 42.2 Å². The number of carbonyl (C=O) groups is 1. The van der Waals surface area contributed by atoms with E-state index in [1.807, 2.05) is 23.5 Å². The number of hydrogen-bond acceptors (Lipinski definition) is 5. The number of imidazole rings is 1. The second kappa shape index (κ2) is 7.25. The standard InChI is InChI=1S/C23H20BrN5O3/c1-12-6-18-17(27-22(30)19-10-26-21(29(18)19)14-3-5-32-11-14)8-16(12)23(31)28-4-2-13-7-15(24)9-25-20(13)28/h6-10,14H,2-5,11H2,1H3,(H,27,30). The summed E-state index contributed by atoms with van der Waals surface area (Å²) in [5, 5.41) is 0. The molecule has 32 heavy (non-hydrogen) atoms. The van der Waals surface area contributed by atoms with E-state index in [9.17, 15) is 9.59 Å². The zero-order valence-corrected chi connectivity index (χ0v) is 19.0. The number of aromatic amines is 1. The number of anilines is 1. The molecule has 1 N–H and O–H groups in total. The lowest BCUT2D eigenvalue weighted by molar-refractivity contribution is 0.0988. The van der Waals surface area contributed by atoms with Crippen LogP contribution in [0, 0.1) is 6.92 Å². The van der Waals surface area contributed by atoms with Gasteiger partial charge in [-0.15, -0.1) is 0 Å². The van der Waals surface area contributed by atoms with Crippen LogP contribution in [0.1, 0.15) is 39.6 Å². The number of pyridine rings is 1. The zero-order chi connectivity index (χ0) is 22.0. The van der Waals surface area contributed by atoms with E-state index in [2.05, 4.69) is 30.9 Å². The molecule has 1 fully saturated rings. The summed E-state index contributed by atoms with van der Waals surface area (Å²) in [4.78, 5) is 39.9. The van der Waals surface area contributed by atoms with E-state index >= 15 is 0 Å². The molecule has 3 aromatic heterocycles. The third-order valence-electron chi connectivity index (χ3n) is 6.39. The minimum atomic E-state index is -0.226. The van der Waals surface area contributed by atoms with Gasteiger partial charge in [-0.3, -0.25) is 18.9 Å². The number of fused-ring (bicyclic) bond motifs is 4. The smallest absolute Gasteiger partial charge is 0.274 e. The van der Waals surface area contributed by atoms with Crippen molar-refractivity contribution in [3.8, 4) is 0 Å². The summed E-state index contributed by atoms with van der Waals surface area (Å²) in [6.45, 7) is 3.80. The Labute approximate surface area is 191 Å². The van der Waals surface area contributed by atoms with Crippen molar-refractivity contribution in [2.24, 2.45) is 0 Å². The van der Waals surface area contributed by atoms with Crippen LogP contribution in [0.4, 0.5) is 5.82 Å². The van der Waals surface area contributed by atoms with Crippen LogP contribution >= 0.6 is 15.9 Å². The quantitative estimate of drug-likeness (QED) is 0.462. The number of nitrogens with one attached hydrogen (secondary N) is 1. The minimum absolute atomic E-state index is 0.117. The van der Waals surface area contributed by atoms with Crippen molar-refractivity contribution in [3.05, 3.63) is 67.9 Å². The SMILES string of the molecule is Cc1cc2c(cc1C(=O)N1CCc3cc(Br)cnc31)[nH]c(=O)c1cnc(C3CCOC3)n12. The molecule has 1 atom stereocenters. The van der Waals surface area contributed by atoms with Gasteiger partial charge in [-0.05, 0) is 65.0 Å². The normalized spacial score (nSPS) is 18.1. The van der Waals surface area contributed by atoms with Gasteiger partial charge in [0.25, 0.3) is 11.5 Å². The molecule has 1 aromatic carbocycles. The van der Waals surface area contributed by atoms with E-state index in [-0.39, 0.29) is 17.4 Å². The Bertz CT molecular complexity index is 1470. The summed E-state index contributed by atoms with van der Waals surface area (Å²) in [7, 11) is 0. The van der Waals surface area contributed by atoms with E-state index in [0.717, 1.165) is 39.8 Å². The molecule has 0 aliphatic carbocycles. The predicted molar refractivity (Wildman–Crippen MR) is 124 cm³/mol. The maximum absolute atomic E-state index is 13.5. The summed E-state index contributed by atoms with van der Waals surface area (Å²) in [5.41, 5.74) is 4.15. The van der Waals surface area contributed by atoms with Gasteiger partial charge in [0, 0.05) is 35.3 Å². The molecule has 9 heteroatoms. The maximum atomic E-state index is 13.5. The van der Waals surface area contributed by atoms with Gasteiger partial charge < -0.3 is 9.72 Å². The Balaban J connectivity index is 1.49. The lowest BCUT2D eigenvalue weighted by Gasteiger charge is -2.18. The summed E-state index contributed by atoms with van der Waals surface area (Å²) >= 11 is 3.44. The molecule has 2 aliphatic rings. The van der Waals surface area contributed by atoms with Crippen molar-refractivity contribution in [3.63, 3.8) is 0 Å². The number of halogens is 1. The van der Waals surface area contributed by atoms with E-state index in [1.165, 1.54) is 0 Å². The Morgan fingerprint density at radius 3 is 2.91 bits per heavy atom. The van der Waals surface area contributed by atoms with Gasteiger partial charge in [0.1, 0.15) is 17.2 Å². The molecule has 0 saturated carbocycles. The van der Waals surface area contributed by atoms with E-state index < -0.39 is 0 Å². The molecule has 4 aromatic rings. The van der Waals surface area contributed by atoms with Crippen molar-refractivity contribution in [1.82, 2.24) is 19.4 Å². The molecular weight excluding hydrogens is 474 g/mol. The monoisotopic (exact) mass is 493 g/mol. The lowest BCUT2D eigenvalue weighted by Crippen LogP contribution is -2.30. The molecule has 162 valence electrons. The third-order valence-corrected chi connectivity index (χ3v) is 6.83. The van der Waals surface area contributed by atoms with Crippen molar-refractivity contribution in [2.75, 3.05) is 24.7 Å². The number of ether oxygens (including phenoxy) is 1. The molecule has 5 heterocycles. The topological polar surface area (TPSA) is 92.6 Å². The first-order chi connectivity index (χ1) is 15.5. The number of amides is 1. The van der Waals surface area contributed by atoms with E-state index in [4.69, 9.17) is 4.74 Å². The Morgan fingerprint density at radius 2 is 2.09 bits per heavy atom. The molecule has 0 spiro atoms. The first-order valence-electron chi connectivity index (χ1n) is 10.6. The molecule has 1 saturated heterocycles. The van der Waals surface area contributed by atoms with Crippen molar-refractivity contribution in [1.29, 1.82) is 0 Å². The fourth-order valence-electron chi connectivity index (χ4n) is 4.78. The molecule has 2 aliphatic heterocycles. The van der Waals surface area contributed by atoms with Gasteiger partial charge in [0.2, 0.25) is 0 Å². The number of hydrogen-bond donors (Lipinski definition) is 1. The first-order valence-corrected chi connectivity index (χ1v) is 11.4. The number of H-pyrrole nitrogens is 1. The van der Waals surface area contributed by atoms with Crippen LogP contribution in [0.5, 0.6) is 0 Å². The van der Waals surface area contributed by atoms with Crippen molar-refractivity contribution >= 4 is 44.2 Å². The van der Waals surface area contributed by atoms with Crippen LogP contribution in [0.15, 0.2) is 39.9 Å². The number of aromatic nitrogens is 4. The lowest BCUT2D eigenvalue weighted by atomic mass is 10.0. The predicted octanol–water partition coefficient (Wildman–Crippen LogP) is 3.35. The highest BCUT2D eigenvalue weighted by molar-refractivity contribution is 9.10. The maximum Gasteiger partial charge on any atom is 0.274 e. The zero-order valence-electron chi connectivity index (χ0n) is 17.4. The molecule has 0 bridgehead atoms. The number of benzene rings is 1. The highest BCUT2D eigenvalue weighted by Gasteiger charge is 2.29. The molecule has 1 unspecified atom stereocenters. The summed E-state index contributed by atoms with van der Waals surface area (Å²) in [5.74, 6) is 1.56. The molecule has 8 nitrogen and oxygen atoms in total. The van der Waals surface area contributed by atoms with Crippen LogP contribution in [-0.4, -0.2) is 45.0 Å². The fourth-order valence-corrected chi connectivity index (χ4v) is 5.16. The van der Waals surface area contributed by atoms with Crippen LogP contribution < -0.4 is 10.5 Å². The summed E-state index contributed by atoms with van der Waals surface area (Å²) in [6, 6.07) is 5.74. The van der Waals surface area contributed by atoms with Crippen molar-refractivity contribution < 1.29 is 9.53 Å². The van der Waals surface area contributed by atoms with Gasteiger partial charge in [0.15, 0.2) is 0 Å². The number of carbonyl (C=O) groups excluding carboxylic acids is 1. The second-order valence-electron chi connectivity index (χ2n) is 8.38. The van der Waals surface area contributed by atoms with Gasteiger partial charge in [-0.1, -0.05) is 0 Å². The molecule has 6 rings (SSSR count). The highest BCUT2D eigenvalue weighted by Crippen LogP contribution is 2.31. The van der Waals surface area contributed by atoms with Gasteiger partial charge in [-0.2, -0.15) is 0 Å². The average Bonchev–Trinajstić information content (AvgIpc) is 3.52. The first kappa shape index (κ1) is 19.6. The van der Waals surface area contributed by atoms with Gasteiger partial charge >= 0.3 is 0 Å². The van der Waals surface area contributed by atoms with Crippen LogP contribution in [0.3, 0.4) is 0 Å². The van der Waals surface area contributed by atoms with Crippen LogP contribution in [-0.2, 0) is 11.2 Å². The number of rotatable bonds is 2. The Hall–Kier alpha value is -3.04. The Kier molecular flexibility index (Phi) is 4.44. The fraction of sp³-hybridized carbons (Fsp3) is 0.304. The van der Waals surface area contributed by atoms with Gasteiger partial charge in [0.05, 0.1) is 23.8 Å². The Morgan fingerprint density at radius 1 is 1.22 bits per heavy atom.